The highest BCUT2D eigenvalue weighted by molar-refractivity contribution is 8.00. The topological polar surface area (TPSA) is 80.9 Å². The van der Waals surface area contributed by atoms with E-state index in [1.807, 2.05) is 6.92 Å². The van der Waals surface area contributed by atoms with Gasteiger partial charge in [0.05, 0.1) is 5.75 Å². The Morgan fingerprint density at radius 1 is 1.45 bits per heavy atom. The van der Waals surface area contributed by atoms with Crippen LogP contribution in [-0.2, 0) is 4.79 Å². The van der Waals surface area contributed by atoms with Gasteiger partial charge in [0.25, 0.3) is 0 Å². The van der Waals surface area contributed by atoms with Crippen LogP contribution in [0.5, 0.6) is 0 Å². The minimum atomic E-state index is 0. The predicted molar refractivity (Wildman–Crippen MR) is 96.1 cm³/mol. The summed E-state index contributed by atoms with van der Waals surface area (Å²) in [4.78, 5) is 22.7. The molecule has 0 saturated heterocycles. The van der Waals surface area contributed by atoms with Crippen molar-refractivity contribution in [2.24, 2.45) is 11.7 Å². The molecule has 2 aromatic heterocycles. The lowest BCUT2D eigenvalue weighted by molar-refractivity contribution is -0.118. The normalized spacial score (nSPS) is 12.0. The Kier molecular flexibility index (Phi) is 7.55. The molecule has 8 heteroatoms. The van der Waals surface area contributed by atoms with Crippen LogP contribution < -0.4 is 11.1 Å². The number of thioether (sulfide) groups is 1. The minimum Gasteiger partial charge on any atom is -0.355 e. The van der Waals surface area contributed by atoms with Gasteiger partial charge >= 0.3 is 0 Å². The second-order valence-corrected chi connectivity index (χ2v) is 7.24. The number of nitrogens with zero attached hydrogens (tertiary/aromatic N) is 2. The number of hydrogen-bond donors (Lipinski definition) is 2. The lowest BCUT2D eigenvalue weighted by Gasteiger charge is -2.09. The molecule has 5 nitrogen and oxygen atoms in total. The highest BCUT2D eigenvalue weighted by atomic mass is 35.5. The van der Waals surface area contributed by atoms with Gasteiger partial charge in [-0.1, -0.05) is 18.7 Å². The van der Waals surface area contributed by atoms with Crippen molar-refractivity contribution < 1.29 is 4.79 Å². The van der Waals surface area contributed by atoms with Crippen LogP contribution in [0.1, 0.15) is 17.4 Å². The van der Waals surface area contributed by atoms with Gasteiger partial charge in [0.1, 0.15) is 16.2 Å². The molecule has 0 aliphatic carbocycles. The average molecular weight is 361 g/mol. The Labute approximate surface area is 144 Å². The molecule has 0 fully saturated rings. The fourth-order valence-electron chi connectivity index (χ4n) is 1.82. The van der Waals surface area contributed by atoms with Gasteiger partial charge in [0.2, 0.25) is 5.91 Å². The largest absolute Gasteiger partial charge is 0.355 e. The van der Waals surface area contributed by atoms with Crippen LogP contribution in [0.4, 0.5) is 0 Å². The van der Waals surface area contributed by atoms with E-state index in [1.54, 1.807) is 17.7 Å². The predicted octanol–water partition coefficient (Wildman–Crippen LogP) is 2.53. The van der Waals surface area contributed by atoms with E-state index < -0.39 is 0 Å². The van der Waals surface area contributed by atoms with Gasteiger partial charge in [0.15, 0.2) is 0 Å². The van der Waals surface area contributed by atoms with Crippen molar-refractivity contribution in [3.05, 3.63) is 16.8 Å². The number of carbonyl (C=O) groups excluding carboxylic acids is 1. The standard InChI is InChI=1S/C14H20N4OS2.ClH/c1-8(4-15)5-16-11(19)6-20-13-12-9(2)10(3)21-14(12)18-7-17-13;/h7-8H,4-6,15H2,1-3H3,(H,16,19);1H. The molecule has 22 heavy (non-hydrogen) atoms. The van der Waals surface area contributed by atoms with Gasteiger partial charge < -0.3 is 11.1 Å². The number of nitrogens with two attached hydrogens (primary N) is 1. The Morgan fingerprint density at radius 2 is 2.18 bits per heavy atom. The Bertz CT molecular complexity index is 647. The number of nitrogens with one attached hydrogen (secondary N) is 1. The summed E-state index contributed by atoms with van der Waals surface area (Å²) >= 11 is 3.12. The average Bonchev–Trinajstić information content (AvgIpc) is 2.78. The molecule has 2 aromatic rings. The van der Waals surface area contributed by atoms with E-state index in [4.69, 9.17) is 5.73 Å². The molecule has 0 spiro atoms. The molecule has 2 rings (SSSR count). The first-order chi connectivity index (χ1) is 10.0. The second kappa shape index (κ2) is 8.67. The third-order valence-corrected chi connectivity index (χ3v) is 5.43. The van der Waals surface area contributed by atoms with Gasteiger partial charge in [-0.15, -0.1) is 23.7 Å². The highest BCUT2D eigenvalue weighted by Gasteiger charge is 2.13. The number of aromatic nitrogens is 2. The third-order valence-electron chi connectivity index (χ3n) is 3.32. The fourth-order valence-corrected chi connectivity index (χ4v) is 3.76. The molecule has 1 unspecified atom stereocenters. The molecule has 1 amide bonds. The maximum Gasteiger partial charge on any atom is 0.230 e. The van der Waals surface area contributed by atoms with E-state index in [0.29, 0.717) is 24.8 Å². The molecule has 122 valence electrons. The number of thiophene rings is 1. The van der Waals surface area contributed by atoms with Gasteiger partial charge in [-0.2, -0.15) is 0 Å². The summed E-state index contributed by atoms with van der Waals surface area (Å²) in [7, 11) is 0. The van der Waals surface area contributed by atoms with E-state index in [-0.39, 0.29) is 18.3 Å². The van der Waals surface area contributed by atoms with Crippen molar-refractivity contribution in [1.82, 2.24) is 15.3 Å². The molecule has 0 saturated carbocycles. The SMILES string of the molecule is Cc1sc2ncnc(SCC(=O)NCC(C)CN)c2c1C.Cl. The number of rotatable bonds is 6. The van der Waals surface area contributed by atoms with E-state index in [9.17, 15) is 4.79 Å². The van der Waals surface area contributed by atoms with Crippen molar-refractivity contribution in [2.45, 2.75) is 25.8 Å². The summed E-state index contributed by atoms with van der Waals surface area (Å²) in [5.74, 6) is 0.667. The number of amides is 1. The van der Waals surface area contributed by atoms with Crippen LogP contribution in [-0.4, -0.2) is 34.7 Å². The Morgan fingerprint density at radius 3 is 2.86 bits per heavy atom. The molecule has 2 heterocycles. The van der Waals surface area contributed by atoms with E-state index >= 15 is 0 Å². The van der Waals surface area contributed by atoms with Crippen LogP contribution in [0.2, 0.25) is 0 Å². The van der Waals surface area contributed by atoms with Crippen LogP contribution in [0, 0.1) is 19.8 Å². The minimum absolute atomic E-state index is 0. The van der Waals surface area contributed by atoms with Gasteiger partial charge in [0, 0.05) is 16.8 Å². The summed E-state index contributed by atoms with van der Waals surface area (Å²) < 4.78 is 0. The van der Waals surface area contributed by atoms with Gasteiger partial charge in [-0.3, -0.25) is 4.79 Å². The van der Waals surface area contributed by atoms with Crippen LogP contribution in [0.25, 0.3) is 10.2 Å². The van der Waals surface area contributed by atoms with Crippen LogP contribution in [0.3, 0.4) is 0 Å². The second-order valence-electron chi connectivity index (χ2n) is 5.08. The maximum atomic E-state index is 11.8. The molecule has 0 aliphatic rings. The van der Waals surface area contributed by atoms with Gasteiger partial charge in [-0.05, 0) is 31.9 Å². The highest BCUT2D eigenvalue weighted by Crippen LogP contribution is 2.34. The quantitative estimate of drug-likeness (QED) is 0.611. The van der Waals surface area contributed by atoms with Gasteiger partial charge in [-0.25, -0.2) is 9.97 Å². The number of halogens is 1. The van der Waals surface area contributed by atoms with Crippen LogP contribution >= 0.6 is 35.5 Å². The fraction of sp³-hybridized carbons (Fsp3) is 0.500. The molecule has 0 aliphatic heterocycles. The molecule has 3 N–H and O–H groups in total. The summed E-state index contributed by atoms with van der Waals surface area (Å²) in [5.41, 5.74) is 6.74. The zero-order valence-electron chi connectivity index (χ0n) is 12.9. The monoisotopic (exact) mass is 360 g/mol. The van der Waals surface area contributed by atoms with E-state index in [0.717, 1.165) is 15.2 Å². The van der Waals surface area contributed by atoms with E-state index in [2.05, 4.69) is 29.1 Å². The van der Waals surface area contributed by atoms with Crippen LogP contribution in [0.15, 0.2) is 11.4 Å². The molecule has 0 bridgehead atoms. The zero-order chi connectivity index (χ0) is 15.4. The summed E-state index contributed by atoms with van der Waals surface area (Å²) in [6, 6.07) is 0. The molecular weight excluding hydrogens is 340 g/mol. The maximum absolute atomic E-state index is 11.8. The first-order valence-corrected chi connectivity index (χ1v) is 8.63. The Hall–Kier alpha value is -0.890. The number of hydrogen-bond acceptors (Lipinski definition) is 6. The van der Waals surface area contributed by atoms with Crippen molar-refractivity contribution in [2.75, 3.05) is 18.8 Å². The van der Waals surface area contributed by atoms with Crippen molar-refractivity contribution in [3.8, 4) is 0 Å². The summed E-state index contributed by atoms with van der Waals surface area (Å²) in [6.45, 7) is 7.36. The zero-order valence-corrected chi connectivity index (χ0v) is 15.3. The Balaban J connectivity index is 0.00000242. The molecule has 0 radical (unpaired) electrons. The first kappa shape index (κ1) is 19.2. The van der Waals surface area contributed by atoms with Crippen molar-refractivity contribution in [3.63, 3.8) is 0 Å². The van der Waals surface area contributed by atoms with Crippen molar-refractivity contribution in [1.29, 1.82) is 0 Å². The lowest BCUT2D eigenvalue weighted by Crippen LogP contribution is -2.32. The van der Waals surface area contributed by atoms with Crippen molar-refractivity contribution >= 4 is 51.6 Å². The lowest BCUT2D eigenvalue weighted by atomic mass is 10.2. The molecule has 1 atom stereocenters. The van der Waals surface area contributed by atoms with E-state index in [1.165, 1.54) is 22.2 Å². The smallest absolute Gasteiger partial charge is 0.230 e. The first-order valence-electron chi connectivity index (χ1n) is 6.83. The molecular formula is C14H21ClN4OS2. The number of fused-ring (bicyclic) bond motifs is 1. The molecule has 0 aromatic carbocycles. The summed E-state index contributed by atoms with van der Waals surface area (Å²) in [5, 5.41) is 4.85. The third kappa shape index (κ3) is 4.55. The summed E-state index contributed by atoms with van der Waals surface area (Å²) in [6.07, 6.45) is 1.56. The number of aryl methyl sites for hydroxylation is 2. The number of carbonyl (C=O) groups is 1.